The fourth-order valence-electron chi connectivity index (χ4n) is 2.03. The Morgan fingerprint density at radius 1 is 1.00 bits per heavy atom. The van der Waals surface area contributed by atoms with Crippen molar-refractivity contribution in [3.8, 4) is 0 Å². The van der Waals surface area contributed by atoms with E-state index in [0.29, 0.717) is 11.3 Å². The van der Waals surface area contributed by atoms with Crippen LogP contribution in [0.2, 0.25) is 0 Å². The molecule has 0 saturated carbocycles. The molecular weight excluding hydrogens is 304 g/mol. The number of carbonyl (C=O) groups excluding carboxylic acids is 1. The highest BCUT2D eigenvalue weighted by Gasteiger charge is 2.07. The molecule has 0 bridgehead atoms. The molecule has 2 rings (SSSR count). The molecule has 2 aromatic carbocycles. The normalized spacial score (nSPS) is 11.0. The van der Waals surface area contributed by atoms with Crippen LogP contribution >= 0.6 is 0 Å². The molecule has 2 aromatic rings. The third-order valence-corrected chi connectivity index (χ3v) is 3.36. The smallest absolute Gasteiger partial charge is 0.255 e. The van der Waals surface area contributed by atoms with Crippen LogP contribution in [0.25, 0.3) is 0 Å². The molecule has 7 nitrogen and oxygen atoms in total. The number of benzene rings is 2. The van der Waals surface area contributed by atoms with Gasteiger partial charge in [-0.1, -0.05) is 12.1 Å². The topological polar surface area (TPSA) is 132 Å². The standard InChI is InChI=1S/C17H20N6O/c1-10-6-7-14(8-11(10)2)21-15(24)12-4-3-5-13(9-12)22-17(20)23-16(18)19/h3-9H,1-2H3,(H,21,24)(H6,18,19,20,22,23). The van der Waals surface area contributed by atoms with Gasteiger partial charge in [0, 0.05) is 11.3 Å². The lowest BCUT2D eigenvalue weighted by Gasteiger charge is -2.08. The van der Waals surface area contributed by atoms with E-state index in [9.17, 15) is 4.79 Å². The molecule has 0 spiro atoms. The third-order valence-electron chi connectivity index (χ3n) is 3.36. The fraction of sp³-hybridized carbons (Fsp3) is 0.118. The molecule has 0 radical (unpaired) electrons. The van der Waals surface area contributed by atoms with Crippen LogP contribution in [0.15, 0.2) is 52.4 Å². The average molecular weight is 324 g/mol. The fourth-order valence-corrected chi connectivity index (χ4v) is 2.03. The van der Waals surface area contributed by atoms with Gasteiger partial charge in [-0.2, -0.15) is 4.99 Å². The molecule has 0 aliphatic rings. The van der Waals surface area contributed by atoms with Gasteiger partial charge in [-0.15, -0.1) is 0 Å². The van der Waals surface area contributed by atoms with Gasteiger partial charge in [-0.3, -0.25) is 4.79 Å². The van der Waals surface area contributed by atoms with E-state index in [-0.39, 0.29) is 17.8 Å². The second-order valence-electron chi connectivity index (χ2n) is 5.31. The zero-order valence-electron chi connectivity index (χ0n) is 13.6. The van der Waals surface area contributed by atoms with Crippen LogP contribution in [0, 0.1) is 13.8 Å². The molecule has 24 heavy (non-hydrogen) atoms. The van der Waals surface area contributed by atoms with Crippen molar-refractivity contribution in [3.05, 3.63) is 59.2 Å². The van der Waals surface area contributed by atoms with E-state index in [1.807, 2.05) is 32.0 Å². The van der Waals surface area contributed by atoms with Crippen molar-refractivity contribution in [3.63, 3.8) is 0 Å². The lowest BCUT2D eigenvalue weighted by atomic mass is 10.1. The number of carbonyl (C=O) groups is 1. The summed E-state index contributed by atoms with van der Waals surface area (Å²) < 4.78 is 0. The van der Waals surface area contributed by atoms with Crippen LogP contribution in [0.5, 0.6) is 0 Å². The largest absolute Gasteiger partial charge is 0.370 e. The summed E-state index contributed by atoms with van der Waals surface area (Å²) in [6.45, 7) is 4.01. The number of nitrogens with zero attached hydrogens (tertiary/aromatic N) is 2. The van der Waals surface area contributed by atoms with Crippen LogP contribution < -0.4 is 22.5 Å². The predicted octanol–water partition coefficient (Wildman–Crippen LogP) is 1.78. The van der Waals surface area contributed by atoms with Crippen molar-refractivity contribution in [2.24, 2.45) is 27.2 Å². The molecule has 0 fully saturated rings. The summed E-state index contributed by atoms with van der Waals surface area (Å²) in [6.07, 6.45) is 0. The van der Waals surface area contributed by atoms with E-state index in [4.69, 9.17) is 17.2 Å². The van der Waals surface area contributed by atoms with Gasteiger partial charge in [-0.05, 0) is 55.3 Å². The molecule has 7 N–H and O–H groups in total. The molecule has 0 atom stereocenters. The molecule has 0 heterocycles. The average Bonchev–Trinajstić information content (AvgIpc) is 2.50. The summed E-state index contributed by atoms with van der Waals surface area (Å²) in [5.74, 6) is -0.502. The van der Waals surface area contributed by atoms with Crippen molar-refractivity contribution in [1.82, 2.24) is 0 Å². The van der Waals surface area contributed by atoms with Crippen LogP contribution in [0.4, 0.5) is 11.4 Å². The van der Waals surface area contributed by atoms with Gasteiger partial charge in [0.2, 0.25) is 5.96 Å². The predicted molar refractivity (Wildman–Crippen MR) is 97.4 cm³/mol. The number of anilines is 1. The summed E-state index contributed by atoms with van der Waals surface area (Å²) in [5, 5.41) is 2.85. The Morgan fingerprint density at radius 3 is 2.42 bits per heavy atom. The number of aliphatic imine (C=N–C) groups is 2. The number of nitrogens with one attached hydrogen (secondary N) is 1. The van der Waals surface area contributed by atoms with Crippen molar-refractivity contribution in [2.75, 3.05) is 5.32 Å². The highest BCUT2D eigenvalue weighted by atomic mass is 16.1. The van der Waals surface area contributed by atoms with Crippen LogP contribution in [0.3, 0.4) is 0 Å². The van der Waals surface area contributed by atoms with Crippen molar-refractivity contribution >= 4 is 29.2 Å². The SMILES string of the molecule is Cc1ccc(NC(=O)c2cccc(N=C(N)N=C(N)N)c2)cc1C. The maximum absolute atomic E-state index is 12.4. The Bertz CT molecular complexity index is 822. The van der Waals surface area contributed by atoms with E-state index >= 15 is 0 Å². The first-order valence-electron chi connectivity index (χ1n) is 7.27. The minimum Gasteiger partial charge on any atom is -0.370 e. The van der Waals surface area contributed by atoms with Gasteiger partial charge in [-0.25, -0.2) is 4.99 Å². The van der Waals surface area contributed by atoms with Gasteiger partial charge in [0.1, 0.15) is 0 Å². The Hall–Kier alpha value is -3.35. The van der Waals surface area contributed by atoms with Crippen LogP contribution in [0.1, 0.15) is 21.5 Å². The number of amides is 1. The van der Waals surface area contributed by atoms with Crippen LogP contribution in [-0.4, -0.2) is 17.8 Å². The maximum Gasteiger partial charge on any atom is 0.255 e. The monoisotopic (exact) mass is 324 g/mol. The highest BCUT2D eigenvalue weighted by molar-refractivity contribution is 6.05. The van der Waals surface area contributed by atoms with Crippen molar-refractivity contribution < 1.29 is 4.79 Å². The minimum absolute atomic E-state index is 0.0817. The Labute approximate surface area is 140 Å². The van der Waals surface area contributed by atoms with Gasteiger partial charge in [0.05, 0.1) is 5.69 Å². The first-order valence-corrected chi connectivity index (χ1v) is 7.27. The van der Waals surface area contributed by atoms with Crippen LogP contribution in [-0.2, 0) is 0 Å². The quantitative estimate of drug-likeness (QED) is 0.506. The van der Waals surface area contributed by atoms with E-state index in [1.165, 1.54) is 5.56 Å². The van der Waals surface area contributed by atoms with Gasteiger partial charge >= 0.3 is 0 Å². The highest BCUT2D eigenvalue weighted by Crippen LogP contribution is 2.18. The second-order valence-corrected chi connectivity index (χ2v) is 5.31. The first kappa shape index (κ1) is 17.0. The van der Waals surface area contributed by atoms with Gasteiger partial charge < -0.3 is 22.5 Å². The Kier molecular flexibility index (Phi) is 5.16. The maximum atomic E-state index is 12.4. The lowest BCUT2D eigenvalue weighted by molar-refractivity contribution is 0.102. The van der Waals surface area contributed by atoms with Gasteiger partial charge in [0.15, 0.2) is 5.96 Å². The molecule has 0 aliphatic carbocycles. The second kappa shape index (κ2) is 7.28. The van der Waals surface area contributed by atoms with Gasteiger partial charge in [0.25, 0.3) is 5.91 Å². The molecule has 0 unspecified atom stereocenters. The number of guanidine groups is 2. The molecule has 1 amide bonds. The molecule has 7 heteroatoms. The first-order chi connectivity index (χ1) is 11.3. The number of aryl methyl sites for hydroxylation is 2. The minimum atomic E-state index is -0.240. The summed E-state index contributed by atoms with van der Waals surface area (Å²) >= 11 is 0. The summed E-state index contributed by atoms with van der Waals surface area (Å²) in [7, 11) is 0. The molecule has 124 valence electrons. The van der Waals surface area contributed by atoms with E-state index in [1.54, 1.807) is 24.3 Å². The number of nitrogens with two attached hydrogens (primary N) is 3. The van der Waals surface area contributed by atoms with Crippen molar-refractivity contribution in [1.29, 1.82) is 0 Å². The van der Waals surface area contributed by atoms with E-state index in [0.717, 1.165) is 11.3 Å². The number of hydrogen-bond donors (Lipinski definition) is 4. The summed E-state index contributed by atoms with van der Waals surface area (Å²) in [6, 6.07) is 12.4. The lowest BCUT2D eigenvalue weighted by Crippen LogP contribution is -2.26. The zero-order valence-corrected chi connectivity index (χ0v) is 13.6. The summed E-state index contributed by atoms with van der Waals surface area (Å²) in [5.41, 5.74) is 20.0. The number of rotatable bonds is 3. The molecule has 0 saturated heterocycles. The Balaban J connectivity index is 2.20. The van der Waals surface area contributed by atoms with E-state index in [2.05, 4.69) is 15.3 Å². The van der Waals surface area contributed by atoms with E-state index < -0.39 is 0 Å². The number of hydrogen-bond acceptors (Lipinski definition) is 2. The molecule has 0 aliphatic heterocycles. The zero-order chi connectivity index (χ0) is 17.7. The molecule has 0 aromatic heterocycles. The molecular formula is C17H20N6O. The van der Waals surface area contributed by atoms with Crippen molar-refractivity contribution in [2.45, 2.75) is 13.8 Å². The Morgan fingerprint density at radius 2 is 1.75 bits per heavy atom. The third kappa shape index (κ3) is 4.57. The summed E-state index contributed by atoms with van der Waals surface area (Å²) in [4.78, 5) is 20.0.